The maximum atomic E-state index is 5.66. The molecule has 0 amide bonds. The van der Waals surface area contributed by atoms with Crippen molar-refractivity contribution < 1.29 is 9.47 Å². The zero-order valence-electron chi connectivity index (χ0n) is 10.3. The minimum Gasteiger partial charge on any atom is -0.497 e. The molecule has 0 aliphatic heterocycles. The lowest BCUT2D eigenvalue weighted by atomic mass is 10.2. The number of benzene rings is 1. The summed E-state index contributed by atoms with van der Waals surface area (Å²) in [7, 11) is 3.19. The summed E-state index contributed by atoms with van der Waals surface area (Å²) < 4.78 is 12.1. The Hall–Kier alpha value is -2.35. The van der Waals surface area contributed by atoms with Crippen LogP contribution in [0.5, 0.6) is 11.5 Å². The van der Waals surface area contributed by atoms with Gasteiger partial charge in [-0.05, 0) is 12.1 Å². The molecular weight excluding hydrogens is 266 g/mol. The Labute approximate surface area is 112 Å². The number of ether oxygens (including phenoxy) is 2. The van der Waals surface area contributed by atoms with Gasteiger partial charge in [0.1, 0.15) is 11.5 Å². The normalized spacial score (nSPS) is 10.8. The summed E-state index contributed by atoms with van der Waals surface area (Å²) in [6.45, 7) is 0. The van der Waals surface area contributed by atoms with E-state index in [1.165, 1.54) is 11.3 Å². The highest BCUT2D eigenvalue weighted by Crippen LogP contribution is 2.29. The number of aromatic nitrogens is 4. The first kappa shape index (κ1) is 11.7. The highest BCUT2D eigenvalue weighted by molar-refractivity contribution is 7.20. The molecule has 0 radical (unpaired) electrons. The van der Waals surface area contributed by atoms with Crippen LogP contribution in [0.1, 0.15) is 0 Å². The van der Waals surface area contributed by atoms with Gasteiger partial charge < -0.3 is 15.2 Å². The number of hydrogen-bond acceptors (Lipinski definition) is 7. The van der Waals surface area contributed by atoms with Crippen molar-refractivity contribution >= 4 is 21.4 Å². The summed E-state index contributed by atoms with van der Waals surface area (Å²) in [4.78, 5) is 0.647. The van der Waals surface area contributed by atoms with Gasteiger partial charge in [-0.1, -0.05) is 11.3 Å². The second kappa shape index (κ2) is 4.39. The van der Waals surface area contributed by atoms with Gasteiger partial charge in [-0.15, -0.1) is 15.3 Å². The van der Waals surface area contributed by atoms with E-state index in [2.05, 4.69) is 15.3 Å². The van der Waals surface area contributed by atoms with Gasteiger partial charge in [0, 0.05) is 11.6 Å². The smallest absolute Gasteiger partial charge is 0.236 e. The Kier molecular flexibility index (Phi) is 2.71. The van der Waals surface area contributed by atoms with Crippen LogP contribution in [0.2, 0.25) is 0 Å². The second-order valence-electron chi connectivity index (χ2n) is 3.76. The predicted molar refractivity (Wildman–Crippen MR) is 71.6 cm³/mol. The van der Waals surface area contributed by atoms with Crippen molar-refractivity contribution in [3.8, 4) is 22.9 Å². The largest absolute Gasteiger partial charge is 0.497 e. The number of fused-ring (bicyclic) bond motifs is 1. The summed E-state index contributed by atoms with van der Waals surface area (Å²) in [5.74, 6) is 1.95. The number of nitrogens with two attached hydrogens (primary N) is 1. The third-order valence-electron chi connectivity index (χ3n) is 2.62. The number of anilines is 1. The molecule has 2 N–H and O–H groups in total. The molecule has 7 nitrogen and oxygen atoms in total. The van der Waals surface area contributed by atoms with Crippen LogP contribution in [0, 0.1) is 0 Å². The number of rotatable bonds is 3. The lowest BCUT2D eigenvalue weighted by Crippen LogP contribution is -1.94. The van der Waals surface area contributed by atoms with Gasteiger partial charge in [0.05, 0.1) is 14.2 Å². The van der Waals surface area contributed by atoms with Gasteiger partial charge in [-0.3, -0.25) is 0 Å². The van der Waals surface area contributed by atoms with Crippen molar-refractivity contribution in [2.24, 2.45) is 0 Å². The fraction of sp³-hybridized carbons (Fsp3) is 0.182. The third-order valence-corrected chi connectivity index (χ3v) is 3.34. The molecule has 98 valence electrons. The molecule has 0 spiro atoms. The van der Waals surface area contributed by atoms with Crippen molar-refractivity contribution in [2.75, 3.05) is 20.0 Å². The van der Waals surface area contributed by atoms with E-state index in [9.17, 15) is 0 Å². The van der Waals surface area contributed by atoms with Gasteiger partial charge in [0.2, 0.25) is 10.1 Å². The molecule has 0 saturated carbocycles. The Morgan fingerprint density at radius 1 is 1.11 bits per heavy atom. The summed E-state index contributed by atoms with van der Waals surface area (Å²) in [5, 5.41) is 12.8. The molecule has 0 saturated heterocycles. The highest BCUT2D eigenvalue weighted by Gasteiger charge is 2.14. The molecule has 8 heteroatoms. The Bertz CT molecular complexity index is 714. The number of nitrogen functional groups attached to an aromatic ring is 1. The van der Waals surface area contributed by atoms with E-state index in [0.717, 1.165) is 5.56 Å². The summed E-state index contributed by atoms with van der Waals surface area (Å²) in [6.07, 6.45) is 0. The van der Waals surface area contributed by atoms with Crippen LogP contribution < -0.4 is 15.2 Å². The van der Waals surface area contributed by atoms with E-state index < -0.39 is 0 Å². The Morgan fingerprint density at radius 2 is 1.79 bits per heavy atom. The first-order valence-electron chi connectivity index (χ1n) is 5.42. The van der Waals surface area contributed by atoms with Gasteiger partial charge >= 0.3 is 0 Å². The van der Waals surface area contributed by atoms with E-state index in [1.807, 2.05) is 12.1 Å². The standard InChI is InChI=1S/C11H11N5O2S/c1-17-7-3-6(4-8(5-7)18-2)9-13-14-11-16(9)15-10(12)19-11/h3-5H,1-2H3,(H2,12,15). The first-order chi connectivity index (χ1) is 9.21. The SMILES string of the molecule is COc1cc(OC)cc(-c2nnc3sc(N)nn23)c1. The number of methoxy groups -OCH3 is 2. The second-order valence-corrected chi connectivity index (χ2v) is 4.75. The highest BCUT2D eigenvalue weighted by atomic mass is 32.1. The average molecular weight is 277 g/mol. The summed E-state index contributed by atoms with van der Waals surface area (Å²) in [5.41, 5.74) is 6.46. The molecule has 2 aromatic heterocycles. The van der Waals surface area contributed by atoms with Crippen molar-refractivity contribution in [2.45, 2.75) is 0 Å². The van der Waals surface area contributed by atoms with E-state index >= 15 is 0 Å². The molecule has 0 atom stereocenters. The molecule has 1 aromatic carbocycles. The zero-order chi connectivity index (χ0) is 13.4. The van der Waals surface area contributed by atoms with Crippen LogP contribution in [0.15, 0.2) is 18.2 Å². The maximum absolute atomic E-state index is 5.66. The predicted octanol–water partition coefficient (Wildman–Crippen LogP) is 1.45. The zero-order valence-corrected chi connectivity index (χ0v) is 11.1. The Morgan fingerprint density at radius 3 is 2.42 bits per heavy atom. The minimum absolute atomic E-state index is 0.445. The van der Waals surface area contributed by atoms with Crippen molar-refractivity contribution in [3.63, 3.8) is 0 Å². The molecule has 3 aromatic rings. The molecule has 3 rings (SSSR count). The van der Waals surface area contributed by atoms with Crippen LogP contribution in [0.25, 0.3) is 16.3 Å². The van der Waals surface area contributed by atoms with E-state index in [1.54, 1.807) is 24.8 Å². The number of hydrogen-bond donors (Lipinski definition) is 1. The fourth-order valence-corrected chi connectivity index (χ4v) is 2.35. The molecule has 2 heterocycles. The lowest BCUT2D eigenvalue weighted by Gasteiger charge is -2.06. The lowest BCUT2D eigenvalue weighted by molar-refractivity contribution is 0.394. The molecule has 19 heavy (non-hydrogen) atoms. The van der Waals surface area contributed by atoms with Gasteiger partial charge in [-0.2, -0.15) is 4.52 Å². The first-order valence-corrected chi connectivity index (χ1v) is 6.24. The molecule has 0 unspecified atom stereocenters. The van der Waals surface area contributed by atoms with Crippen LogP contribution in [-0.4, -0.2) is 34.0 Å². The average Bonchev–Trinajstić information content (AvgIpc) is 2.96. The van der Waals surface area contributed by atoms with Crippen LogP contribution in [-0.2, 0) is 0 Å². The maximum Gasteiger partial charge on any atom is 0.236 e. The molecular formula is C11H11N5O2S. The Balaban J connectivity index is 2.19. The van der Waals surface area contributed by atoms with Gasteiger partial charge in [0.15, 0.2) is 5.82 Å². The molecule has 0 bridgehead atoms. The summed E-state index contributed by atoms with van der Waals surface area (Å²) in [6, 6.07) is 5.47. The summed E-state index contributed by atoms with van der Waals surface area (Å²) >= 11 is 1.28. The van der Waals surface area contributed by atoms with Crippen molar-refractivity contribution in [1.82, 2.24) is 19.8 Å². The van der Waals surface area contributed by atoms with E-state index in [0.29, 0.717) is 27.4 Å². The van der Waals surface area contributed by atoms with Crippen molar-refractivity contribution in [1.29, 1.82) is 0 Å². The fourth-order valence-electron chi connectivity index (χ4n) is 1.75. The van der Waals surface area contributed by atoms with Crippen LogP contribution in [0.3, 0.4) is 0 Å². The number of nitrogens with zero attached hydrogens (tertiary/aromatic N) is 4. The van der Waals surface area contributed by atoms with Gasteiger partial charge in [-0.25, -0.2) is 0 Å². The quantitative estimate of drug-likeness (QED) is 0.779. The molecule has 0 aliphatic carbocycles. The van der Waals surface area contributed by atoms with Crippen LogP contribution in [0.4, 0.5) is 5.13 Å². The monoisotopic (exact) mass is 277 g/mol. The topological polar surface area (TPSA) is 87.6 Å². The third kappa shape index (κ3) is 1.95. The molecule has 0 fully saturated rings. The van der Waals surface area contributed by atoms with E-state index in [-0.39, 0.29) is 0 Å². The van der Waals surface area contributed by atoms with Crippen molar-refractivity contribution in [3.05, 3.63) is 18.2 Å². The minimum atomic E-state index is 0.445. The van der Waals surface area contributed by atoms with E-state index in [4.69, 9.17) is 15.2 Å². The molecule has 0 aliphatic rings. The van der Waals surface area contributed by atoms with Gasteiger partial charge in [0.25, 0.3) is 0 Å². The van der Waals surface area contributed by atoms with Crippen LogP contribution >= 0.6 is 11.3 Å².